The van der Waals surface area contributed by atoms with E-state index >= 15 is 0 Å². The monoisotopic (exact) mass is 229 g/mol. The second-order valence-electron chi connectivity index (χ2n) is 2.95. The topological polar surface area (TPSA) is 116 Å². The van der Waals surface area contributed by atoms with E-state index in [-0.39, 0.29) is 22.8 Å². The lowest BCUT2D eigenvalue weighted by Gasteiger charge is -2.05. The summed E-state index contributed by atoms with van der Waals surface area (Å²) in [6.07, 6.45) is 2.36. The van der Waals surface area contributed by atoms with E-state index in [1.807, 2.05) is 0 Å². The van der Waals surface area contributed by atoms with Crippen LogP contribution >= 0.6 is 0 Å². The number of nitrogens with zero attached hydrogens (tertiary/aromatic N) is 1. The molecule has 0 aliphatic rings. The van der Waals surface area contributed by atoms with E-state index in [4.69, 9.17) is 11.5 Å². The van der Waals surface area contributed by atoms with Crippen LogP contribution in [0.5, 0.6) is 0 Å². The molecule has 1 aromatic rings. The van der Waals surface area contributed by atoms with Crippen molar-refractivity contribution in [2.75, 3.05) is 11.5 Å². The van der Waals surface area contributed by atoms with Crippen molar-refractivity contribution in [1.82, 2.24) is 4.98 Å². The fraction of sp³-hybridized carbons (Fsp3) is 0.250. The number of anilines is 1. The van der Waals surface area contributed by atoms with Crippen LogP contribution in [0, 0.1) is 0 Å². The van der Waals surface area contributed by atoms with Crippen molar-refractivity contribution in [3.63, 3.8) is 0 Å². The Balaban J connectivity index is 2.97. The Hall–Kier alpha value is -1.63. The Kier molecular flexibility index (Phi) is 3.25. The van der Waals surface area contributed by atoms with Crippen molar-refractivity contribution >= 4 is 21.4 Å². The maximum absolute atomic E-state index is 11.6. The number of rotatable bonds is 4. The minimum absolute atomic E-state index is 0.0150. The van der Waals surface area contributed by atoms with Gasteiger partial charge in [0.1, 0.15) is 0 Å². The van der Waals surface area contributed by atoms with Gasteiger partial charge in [0, 0.05) is 12.6 Å². The normalized spacial score (nSPS) is 11.2. The van der Waals surface area contributed by atoms with E-state index in [9.17, 15) is 13.2 Å². The van der Waals surface area contributed by atoms with Crippen LogP contribution in [-0.4, -0.2) is 25.1 Å². The number of carbonyl (C=O) groups excluding carboxylic acids is 1. The van der Waals surface area contributed by atoms with Gasteiger partial charge in [0.05, 0.1) is 22.5 Å². The Bertz CT molecular complexity index is 470. The van der Waals surface area contributed by atoms with Crippen molar-refractivity contribution < 1.29 is 13.2 Å². The summed E-state index contributed by atoms with van der Waals surface area (Å²) < 4.78 is 23.3. The van der Waals surface area contributed by atoms with Gasteiger partial charge in [-0.25, -0.2) is 8.42 Å². The highest BCUT2D eigenvalue weighted by Gasteiger charge is 2.18. The Labute approximate surface area is 87.2 Å². The molecule has 0 bridgehead atoms. The first-order valence-corrected chi connectivity index (χ1v) is 5.79. The van der Waals surface area contributed by atoms with Gasteiger partial charge in [0.15, 0.2) is 9.84 Å². The Morgan fingerprint density at radius 1 is 1.47 bits per heavy atom. The summed E-state index contributed by atoms with van der Waals surface area (Å²) in [5.74, 6) is -0.998. The summed E-state index contributed by atoms with van der Waals surface area (Å²) in [4.78, 5) is 14.1. The molecular weight excluding hydrogens is 218 g/mol. The molecule has 0 radical (unpaired) electrons. The largest absolute Gasteiger partial charge is 0.396 e. The maximum atomic E-state index is 11.6. The van der Waals surface area contributed by atoms with E-state index in [1.165, 1.54) is 18.5 Å². The number of primary amides is 1. The molecule has 15 heavy (non-hydrogen) atoms. The lowest BCUT2D eigenvalue weighted by molar-refractivity contribution is -0.117. The third kappa shape index (κ3) is 2.91. The Morgan fingerprint density at radius 3 is 2.67 bits per heavy atom. The zero-order valence-corrected chi connectivity index (χ0v) is 8.70. The Morgan fingerprint density at radius 2 is 2.13 bits per heavy atom. The number of nitrogen functional groups attached to an aromatic ring is 1. The summed E-state index contributed by atoms with van der Waals surface area (Å²) in [5, 5.41) is 0. The molecule has 1 heterocycles. The molecule has 6 nitrogen and oxygen atoms in total. The molecule has 0 aliphatic carbocycles. The standard InChI is InChI=1S/C8H11N3O3S/c9-6-5-11-3-1-7(6)15(13,14)4-2-8(10)12/h1,3,5H,2,4,9H2,(H2,10,12). The van der Waals surface area contributed by atoms with Crippen LogP contribution in [0.2, 0.25) is 0 Å². The highest BCUT2D eigenvalue weighted by molar-refractivity contribution is 7.91. The molecule has 0 spiro atoms. The van der Waals surface area contributed by atoms with E-state index in [0.717, 1.165) is 0 Å². The molecule has 82 valence electrons. The van der Waals surface area contributed by atoms with Crippen LogP contribution in [0.1, 0.15) is 6.42 Å². The molecule has 0 atom stereocenters. The highest BCUT2D eigenvalue weighted by Crippen LogP contribution is 2.17. The first kappa shape index (κ1) is 11.4. The summed E-state index contributed by atoms with van der Waals surface area (Å²) in [5.41, 5.74) is 10.4. The van der Waals surface area contributed by atoms with Gasteiger partial charge in [0.25, 0.3) is 0 Å². The lowest BCUT2D eigenvalue weighted by atomic mass is 10.4. The minimum Gasteiger partial charge on any atom is -0.396 e. The summed E-state index contributed by atoms with van der Waals surface area (Å²) in [6.45, 7) is 0. The molecule has 1 amide bonds. The van der Waals surface area contributed by atoms with Crippen molar-refractivity contribution in [3.05, 3.63) is 18.5 Å². The average molecular weight is 229 g/mol. The second kappa shape index (κ2) is 4.26. The zero-order valence-electron chi connectivity index (χ0n) is 7.88. The van der Waals surface area contributed by atoms with Crippen molar-refractivity contribution in [2.24, 2.45) is 5.73 Å². The van der Waals surface area contributed by atoms with Crippen molar-refractivity contribution in [1.29, 1.82) is 0 Å². The third-order valence-electron chi connectivity index (χ3n) is 1.76. The predicted molar refractivity (Wildman–Crippen MR) is 54.5 cm³/mol. The van der Waals surface area contributed by atoms with E-state index in [1.54, 1.807) is 0 Å². The van der Waals surface area contributed by atoms with Gasteiger partial charge in [-0.2, -0.15) is 0 Å². The third-order valence-corrected chi connectivity index (χ3v) is 3.55. The minimum atomic E-state index is -3.55. The SMILES string of the molecule is NC(=O)CCS(=O)(=O)c1ccncc1N. The van der Waals surface area contributed by atoms with Gasteiger partial charge in [-0.1, -0.05) is 0 Å². The summed E-state index contributed by atoms with van der Waals surface area (Å²) in [6, 6.07) is 1.30. The van der Waals surface area contributed by atoms with Gasteiger partial charge in [-0.15, -0.1) is 0 Å². The van der Waals surface area contributed by atoms with E-state index in [0.29, 0.717) is 0 Å². The molecule has 0 aromatic carbocycles. The first-order chi connectivity index (χ1) is 6.93. The molecule has 0 saturated carbocycles. The number of amides is 1. The molecule has 7 heteroatoms. The van der Waals surface area contributed by atoms with Crippen molar-refractivity contribution in [3.8, 4) is 0 Å². The van der Waals surface area contributed by atoms with Crippen LogP contribution in [0.15, 0.2) is 23.4 Å². The highest BCUT2D eigenvalue weighted by atomic mass is 32.2. The van der Waals surface area contributed by atoms with Gasteiger partial charge >= 0.3 is 0 Å². The number of sulfone groups is 1. The molecule has 0 unspecified atom stereocenters. The molecular formula is C8H11N3O3S. The van der Waals surface area contributed by atoms with E-state index in [2.05, 4.69) is 4.98 Å². The fourth-order valence-electron chi connectivity index (χ4n) is 1.02. The lowest BCUT2D eigenvalue weighted by Crippen LogP contribution is -2.18. The molecule has 1 aromatic heterocycles. The van der Waals surface area contributed by atoms with Crippen molar-refractivity contribution in [2.45, 2.75) is 11.3 Å². The van der Waals surface area contributed by atoms with E-state index < -0.39 is 15.7 Å². The molecule has 4 N–H and O–H groups in total. The van der Waals surface area contributed by atoms with Crippen LogP contribution in [0.3, 0.4) is 0 Å². The number of pyridine rings is 1. The van der Waals surface area contributed by atoms with Crippen LogP contribution < -0.4 is 11.5 Å². The number of hydrogen-bond acceptors (Lipinski definition) is 5. The summed E-state index contributed by atoms with van der Waals surface area (Å²) in [7, 11) is -3.55. The smallest absolute Gasteiger partial charge is 0.218 e. The van der Waals surface area contributed by atoms with Crippen LogP contribution in [0.4, 0.5) is 5.69 Å². The number of carbonyl (C=O) groups is 1. The second-order valence-corrected chi connectivity index (χ2v) is 5.03. The van der Waals surface area contributed by atoms with Gasteiger partial charge in [-0.3, -0.25) is 9.78 Å². The van der Waals surface area contributed by atoms with Gasteiger partial charge in [-0.05, 0) is 6.07 Å². The zero-order chi connectivity index (χ0) is 11.5. The number of aromatic nitrogens is 1. The quantitative estimate of drug-likeness (QED) is 0.709. The predicted octanol–water partition coefficient (Wildman–Crippen LogP) is -0.687. The maximum Gasteiger partial charge on any atom is 0.218 e. The van der Waals surface area contributed by atoms with Crippen LogP contribution in [-0.2, 0) is 14.6 Å². The molecule has 1 rings (SSSR count). The summed E-state index contributed by atoms with van der Waals surface area (Å²) >= 11 is 0. The molecule has 0 saturated heterocycles. The van der Waals surface area contributed by atoms with Gasteiger partial charge < -0.3 is 11.5 Å². The number of nitrogens with two attached hydrogens (primary N) is 2. The van der Waals surface area contributed by atoms with Crippen LogP contribution in [0.25, 0.3) is 0 Å². The molecule has 0 aliphatic heterocycles. The molecule has 0 fully saturated rings. The first-order valence-electron chi connectivity index (χ1n) is 4.14. The fourth-order valence-corrected chi connectivity index (χ4v) is 2.39. The average Bonchev–Trinajstić information content (AvgIpc) is 2.15. The van der Waals surface area contributed by atoms with Gasteiger partial charge in [0.2, 0.25) is 5.91 Å². The number of hydrogen-bond donors (Lipinski definition) is 2.